The molecule has 4 rings (SSSR count). The van der Waals surface area contributed by atoms with Crippen LogP contribution in [-0.2, 0) is 24.9 Å². The van der Waals surface area contributed by atoms with E-state index in [-0.39, 0.29) is 24.6 Å². The average Bonchev–Trinajstić information content (AvgIpc) is 3.26. The van der Waals surface area contributed by atoms with Crippen LogP contribution in [-0.4, -0.2) is 31.7 Å². The zero-order chi connectivity index (χ0) is 23.5. The summed E-state index contributed by atoms with van der Waals surface area (Å²) in [7, 11) is 3.44. The number of fused-ring (bicyclic) bond motifs is 1. The number of aryl methyl sites for hydroxylation is 1. The number of benzene rings is 2. The fourth-order valence-corrected chi connectivity index (χ4v) is 3.90. The van der Waals surface area contributed by atoms with Gasteiger partial charge in [0.15, 0.2) is 0 Å². The Morgan fingerprint density at radius 1 is 1.09 bits per heavy atom. The highest BCUT2D eigenvalue weighted by atomic mass is 16.5. The topological polar surface area (TPSA) is 100 Å². The lowest BCUT2D eigenvalue weighted by molar-refractivity contribution is -0.122. The number of imidazole rings is 1. The van der Waals surface area contributed by atoms with E-state index in [0.717, 1.165) is 10.1 Å². The number of methoxy groups -OCH3 is 1. The van der Waals surface area contributed by atoms with Gasteiger partial charge in [0.25, 0.3) is 5.56 Å². The summed E-state index contributed by atoms with van der Waals surface area (Å²) in [6.07, 6.45) is 3.46. The van der Waals surface area contributed by atoms with Crippen LogP contribution in [0.5, 0.6) is 5.75 Å². The Morgan fingerprint density at radius 3 is 2.45 bits per heavy atom. The Labute approximate surface area is 189 Å². The van der Waals surface area contributed by atoms with E-state index in [2.05, 4.69) is 10.3 Å². The van der Waals surface area contributed by atoms with Crippen LogP contribution in [0.1, 0.15) is 24.4 Å². The molecule has 9 nitrogen and oxygen atoms in total. The Morgan fingerprint density at radius 2 is 1.82 bits per heavy atom. The van der Waals surface area contributed by atoms with E-state index < -0.39 is 11.7 Å². The quantitative estimate of drug-likeness (QED) is 0.466. The van der Waals surface area contributed by atoms with Gasteiger partial charge in [0, 0.05) is 26.0 Å². The molecule has 1 unspecified atom stereocenters. The lowest BCUT2D eigenvalue weighted by Crippen LogP contribution is -2.43. The Bertz CT molecular complexity index is 1420. The van der Waals surface area contributed by atoms with Gasteiger partial charge in [-0.25, -0.2) is 9.78 Å². The van der Waals surface area contributed by atoms with Crippen molar-refractivity contribution < 1.29 is 9.53 Å². The van der Waals surface area contributed by atoms with Gasteiger partial charge in [0.05, 0.1) is 18.0 Å². The number of nitrogens with one attached hydrogen (secondary N) is 1. The number of ether oxygens (including phenoxy) is 1. The maximum absolute atomic E-state index is 13.2. The van der Waals surface area contributed by atoms with E-state index in [1.807, 2.05) is 35.9 Å². The molecule has 2 aromatic carbocycles. The third-order valence-corrected chi connectivity index (χ3v) is 5.62. The molecule has 0 radical (unpaired) electrons. The smallest absolute Gasteiger partial charge is 0.331 e. The molecule has 4 aromatic rings. The molecule has 0 aliphatic heterocycles. The molecule has 0 saturated heterocycles. The molecule has 0 aliphatic carbocycles. The monoisotopic (exact) mass is 447 g/mol. The number of carbonyl (C=O) groups excluding carboxylic acids is 1. The summed E-state index contributed by atoms with van der Waals surface area (Å²) in [5.74, 6) is 0.958. The summed E-state index contributed by atoms with van der Waals surface area (Å²) in [4.78, 5) is 43.2. The molecule has 0 fully saturated rings. The van der Waals surface area contributed by atoms with E-state index in [9.17, 15) is 14.4 Å². The SMILES string of the molecule is CCn1c(=O)c2ccccc2n(CC(=O)NC(c2ccc(OC)cc2)c2nccn2C)c1=O. The first-order valence-electron chi connectivity index (χ1n) is 10.6. The van der Waals surface area contributed by atoms with E-state index in [0.29, 0.717) is 22.5 Å². The molecule has 9 heteroatoms. The van der Waals surface area contributed by atoms with Crippen molar-refractivity contribution in [3.8, 4) is 5.75 Å². The van der Waals surface area contributed by atoms with E-state index >= 15 is 0 Å². The molecule has 2 heterocycles. The van der Waals surface area contributed by atoms with E-state index in [1.165, 1.54) is 4.57 Å². The van der Waals surface area contributed by atoms with Gasteiger partial charge >= 0.3 is 5.69 Å². The van der Waals surface area contributed by atoms with Gasteiger partial charge in [-0.3, -0.25) is 18.7 Å². The minimum atomic E-state index is -0.539. The first-order chi connectivity index (χ1) is 15.9. The molecule has 1 atom stereocenters. The van der Waals surface area contributed by atoms with E-state index in [4.69, 9.17) is 4.74 Å². The maximum atomic E-state index is 13.2. The van der Waals surface area contributed by atoms with Gasteiger partial charge in [0.2, 0.25) is 5.91 Å². The van der Waals surface area contributed by atoms with Gasteiger partial charge in [0.1, 0.15) is 24.2 Å². The van der Waals surface area contributed by atoms with Crippen molar-refractivity contribution >= 4 is 16.8 Å². The predicted octanol–water partition coefficient (Wildman–Crippen LogP) is 1.83. The zero-order valence-electron chi connectivity index (χ0n) is 18.7. The fraction of sp³-hybridized carbons (Fsp3) is 0.250. The highest BCUT2D eigenvalue weighted by Gasteiger charge is 2.22. The van der Waals surface area contributed by atoms with Crippen LogP contribution in [0.15, 0.2) is 70.5 Å². The van der Waals surface area contributed by atoms with Crippen LogP contribution in [0.2, 0.25) is 0 Å². The molecular formula is C24H25N5O4. The summed E-state index contributed by atoms with van der Waals surface area (Å²) in [6, 6.07) is 13.6. The second kappa shape index (κ2) is 9.15. The van der Waals surface area contributed by atoms with Gasteiger partial charge < -0.3 is 14.6 Å². The molecule has 170 valence electrons. The molecule has 2 aromatic heterocycles. The first-order valence-corrected chi connectivity index (χ1v) is 10.6. The molecule has 0 saturated carbocycles. The average molecular weight is 447 g/mol. The first kappa shape index (κ1) is 22.1. The Kier molecular flexibility index (Phi) is 6.12. The number of hydrogen-bond acceptors (Lipinski definition) is 5. The molecule has 1 amide bonds. The van der Waals surface area contributed by atoms with Crippen LogP contribution in [0.25, 0.3) is 10.9 Å². The highest BCUT2D eigenvalue weighted by Crippen LogP contribution is 2.23. The number of para-hydroxylation sites is 1. The van der Waals surface area contributed by atoms with Crippen molar-refractivity contribution in [3.05, 3.63) is 93.2 Å². The van der Waals surface area contributed by atoms with Crippen molar-refractivity contribution in [2.75, 3.05) is 7.11 Å². The minimum Gasteiger partial charge on any atom is -0.497 e. The highest BCUT2D eigenvalue weighted by molar-refractivity contribution is 5.82. The van der Waals surface area contributed by atoms with Crippen LogP contribution in [0.4, 0.5) is 0 Å². The number of hydrogen-bond donors (Lipinski definition) is 1. The third kappa shape index (κ3) is 4.17. The molecule has 1 N–H and O–H groups in total. The third-order valence-electron chi connectivity index (χ3n) is 5.62. The number of nitrogens with zero attached hydrogens (tertiary/aromatic N) is 4. The number of carbonyl (C=O) groups is 1. The van der Waals surface area contributed by atoms with Crippen molar-refractivity contribution in [2.45, 2.75) is 26.1 Å². The summed E-state index contributed by atoms with van der Waals surface area (Å²) in [6.45, 7) is 1.70. The van der Waals surface area contributed by atoms with Crippen LogP contribution < -0.4 is 21.3 Å². The van der Waals surface area contributed by atoms with Gasteiger partial charge in [-0.05, 0) is 36.8 Å². The van der Waals surface area contributed by atoms with Gasteiger partial charge in [-0.15, -0.1) is 0 Å². The van der Waals surface area contributed by atoms with Crippen LogP contribution in [0, 0.1) is 0 Å². The fourth-order valence-electron chi connectivity index (χ4n) is 3.90. The Hall–Kier alpha value is -4.14. The lowest BCUT2D eigenvalue weighted by atomic mass is 10.1. The standard InChI is InChI=1S/C24H25N5O4/c1-4-28-23(31)18-7-5-6-8-19(18)29(24(28)32)15-20(30)26-21(22-25-13-14-27(22)2)16-9-11-17(33-3)12-10-16/h5-14,21H,4,15H2,1-3H3,(H,26,30). The van der Waals surface area contributed by atoms with Crippen molar-refractivity contribution in [3.63, 3.8) is 0 Å². The van der Waals surface area contributed by atoms with Crippen LogP contribution >= 0.6 is 0 Å². The number of amides is 1. The van der Waals surface area contributed by atoms with Crippen LogP contribution in [0.3, 0.4) is 0 Å². The van der Waals surface area contributed by atoms with E-state index in [1.54, 1.807) is 50.7 Å². The molecule has 0 aliphatic rings. The molecule has 33 heavy (non-hydrogen) atoms. The lowest BCUT2D eigenvalue weighted by Gasteiger charge is -2.20. The molecule has 0 bridgehead atoms. The molecular weight excluding hydrogens is 422 g/mol. The van der Waals surface area contributed by atoms with Gasteiger partial charge in [-0.2, -0.15) is 0 Å². The zero-order valence-corrected chi connectivity index (χ0v) is 18.7. The number of aromatic nitrogens is 4. The van der Waals surface area contributed by atoms with Gasteiger partial charge in [-0.1, -0.05) is 24.3 Å². The summed E-state index contributed by atoms with van der Waals surface area (Å²) in [5, 5.41) is 3.39. The largest absolute Gasteiger partial charge is 0.497 e. The maximum Gasteiger partial charge on any atom is 0.331 e. The predicted molar refractivity (Wildman–Crippen MR) is 124 cm³/mol. The van der Waals surface area contributed by atoms with Crippen molar-refractivity contribution in [1.29, 1.82) is 0 Å². The minimum absolute atomic E-state index is 0.214. The second-order valence-electron chi connectivity index (χ2n) is 7.61. The van der Waals surface area contributed by atoms with Crippen molar-refractivity contribution in [2.24, 2.45) is 7.05 Å². The second-order valence-corrected chi connectivity index (χ2v) is 7.61. The van der Waals surface area contributed by atoms with Crippen molar-refractivity contribution in [1.82, 2.24) is 24.0 Å². The summed E-state index contributed by atoms with van der Waals surface area (Å²) >= 11 is 0. The Balaban J connectivity index is 1.72. The molecule has 0 spiro atoms. The normalized spacial score (nSPS) is 12.0. The summed E-state index contributed by atoms with van der Waals surface area (Å²) < 4.78 is 9.53. The summed E-state index contributed by atoms with van der Waals surface area (Å²) in [5.41, 5.74) is 0.354. The number of rotatable bonds is 7.